The molecular weight excluding hydrogens is 350 g/mol. The van der Waals surface area contributed by atoms with Crippen molar-refractivity contribution >= 4 is 5.91 Å². The molecule has 5 heteroatoms. The molecule has 5 nitrogen and oxygen atoms in total. The molecule has 144 valence electrons. The van der Waals surface area contributed by atoms with Gasteiger partial charge in [0.1, 0.15) is 11.4 Å². The molecule has 1 aliphatic carbocycles. The van der Waals surface area contributed by atoms with E-state index in [1.54, 1.807) is 11.8 Å². The van der Waals surface area contributed by atoms with Gasteiger partial charge in [-0.15, -0.1) is 0 Å². The van der Waals surface area contributed by atoms with Crippen molar-refractivity contribution < 1.29 is 9.53 Å². The highest BCUT2D eigenvalue weighted by Crippen LogP contribution is 2.32. The molecule has 0 spiro atoms. The maximum atomic E-state index is 13.1. The van der Waals surface area contributed by atoms with Crippen LogP contribution in [0.25, 0.3) is 16.9 Å². The third-order valence-corrected chi connectivity index (χ3v) is 5.28. The highest BCUT2D eigenvalue weighted by Gasteiger charge is 2.23. The van der Waals surface area contributed by atoms with E-state index in [1.165, 1.54) is 19.3 Å². The minimum atomic E-state index is -0.0741. The van der Waals surface area contributed by atoms with Crippen LogP contribution < -0.4 is 10.1 Å². The number of rotatable bonds is 5. The molecule has 0 saturated heterocycles. The number of aromatic nitrogens is 2. The lowest BCUT2D eigenvalue weighted by molar-refractivity contribution is 0.0928. The Hall–Kier alpha value is -3.08. The number of carbonyl (C=O) groups is 1. The molecule has 0 atom stereocenters. The Morgan fingerprint density at radius 3 is 2.50 bits per heavy atom. The summed E-state index contributed by atoms with van der Waals surface area (Å²) in [7, 11) is 1.63. The van der Waals surface area contributed by atoms with Crippen LogP contribution in [0, 0.1) is 0 Å². The third-order valence-electron chi connectivity index (χ3n) is 5.28. The molecular formula is C23H25N3O2. The van der Waals surface area contributed by atoms with Gasteiger partial charge >= 0.3 is 0 Å². The standard InChI is InChI=1S/C23H25N3O2/c1-28-21-15-9-8-14-19(21)22-20(23(27)24-17-10-4-2-5-11-17)16-26(25-22)18-12-6-3-7-13-18/h3,6-9,12-17H,2,4-5,10-11H2,1H3,(H,24,27). The van der Waals surface area contributed by atoms with Crippen LogP contribution in [0.3, 0.4) is 0 Å². The van der Waals surface area contributed by atoms with E-state index < -0.39 is 0 Å². The van der Waals surface area contributed by atoms with Crippen LogP contribution in [-0.2, 0) is 0 Å². The van der Waals surface area contributed by atoms with Gasteiger partial charge in [-0.25, -0.2) is 4.68 Å². The van der Waals surface area contributed by atoms with Crippen molar-refractivity contribution in [1.82, 2.24) is 15.1 Å². The van der Waals surface area contributed by atoms with E-state index in [2.05, 4.69) is 5.32 Å². The molecule has 1 N–H and O–H groups in total. The minimum absolute atomic E-state index is 0.0741. The van der Waals surface area contributed by atoms with Gasteiger partial charge in [-0.05, 0) is 37.1 Å². The van der Waals surface area contributed by atoms with Crippen molar-refractivity contribution in [2.45, 2.75) is 38.1 Å². The largest absolute Gasteiger partial charge is 0.496 e. The zero-order chi connectivity index (χ0) is 19.3. The number of ether oxygens (including phenoxy) is 1. The Bertz CT molecular complexity index is 943. The Kier molecular flexibility index (Phi) is 5.42. The Balaban J connectivity index is 1.74. The maximum Gasteiger partial charge on any atom is 0.255 e. The summed E-state index contributed by atoms with van der Waals surface area (Å²) in [4.78, 5) is 13.1. The average molecular weight is 375 g/mol. The predicted octanol–water partition coefficient (Wildman–Crippen LogP) is 4.61. The van der Waals surface area contributed by atoms with Crippen LogP contribution in [-0.4, -0.2) is 28.8 Å². The molecule has 0 radical (unpaired) electrons. The number of benzene rings is 2. The molecule has 1 heterocycles. The highest BCUT2D eigenvalue weighted by molar-refractivity contribution is 6.00. The number of hydrogen-bond donors (Lipinski definition) is 1. The lowest BCUT2D eigenvalue weighted by Gasteiger charge is -2.22. The lowest BCUT2D eigenvalue weighted by Crippen LogP contribution is -2.36. The maximum absolute atomic E-state index is 13.1. The van der Waals surface area contributed by atoms with Gasteiger partial charge in [-0.3, -0.25) is 4.79 Å². The summed E-state index contributed by atoms with van der Waals surface area (Å²) in [6.45, 7) is 0. The van der Waals surface area contributed by atoms with Crippen molar-refractivity contribution in [2.24, 2.45) is 0 Å². The molecule has 28 heavy (non-hydrogen) atoms. The summed E-state index contributed by atoms with van der Waals surface area (Å²) < 4.78 is 7.28. The predicted molar refractivity (Wildman–Crippen MR) is 110 cm³/mol. The van der Waals surface area contributed by atoms with E-state index in [9.17, 15) is 4.79 Å². The summed E-state index contributed by atoms with van der Waals surface area (Å²) >= 11 is 0. The van der Waals surface area contributed by atoms with Crippen LogP contribution >= 0.6 is 0 Å². The fourth-order valence-corrected chi connectivity index (χ4v) is 3.80. The van der Waals surface area contributed by atoms with Crippen LogP contribution in [0.2, 0.25) is 0 Å². The van der Waals surface area contributed by atoms with Gasteiger partial charge in [0, 0.05) is 17.8 Å². The number of methoxy groups -OCH3 is 1. The number of amides is 1. The van der Waals surface area contributed by atoms with Crippen molar-refractivity contribution in [1.29, 1.82) is 0 Å². The summed E-state index contributed by atoms with van der Waals surface area (Å²) in [5.41, 5.74) is 2.93. The van der Waals surface area contributed by atoms with Gasteiger partial charge in [0.25, 0.3) is 5.91 Å². The summed E-state index contributed by atoms with van der Waals surface area (Å²) in [6.07, 6.45) is 7.51. The molecule has 1 aliphatic rings. The number of para-hydroxylation sites is 2. The number of nitrogens with one attached hydrogen (secondary N) is 1. The topological polar surface area (TPSA) is 56.2 Å². The molecule has 2 aromatic carbocycles. The van der Waals surface area contributed by atoms with Gasteiger partial charge in [-0.2, -0.15) is 5.10 Å². The van der Waals surface area contributed by atoms with Crippen LogP contribution in [0.4, 0.5) is 0 Å². The summed E-state index contributed by atoms with van der Waals surface area (Å²) in [6, 6.07) is 17.7. The first-order valence-electron chi connectivity index (χ1n) is 9.85. The molecule has 1 fully saturated rings. The van der Waals surface area contributed by atoms with Crippen molar-refractivity contribution in [3.63, 3.8) is 0 Å². The van der Waals surface area contributed by atoms with E-state index in [4.69, 9.17) is 9.84 Å². The Morgan fingerprint density at radius 1 is 1.04 bits per heavy atom. The Labute approximate surface area is 165 Å². The van der Waals surface area contributed by atoms with Crippen molar-refractivity contribution in [3.05, 3.63) is 66.4 Å². The average Bonchev–Trinajstić information content (AvgIpc) is 3.20. The molecule has 3 aromatic rings. The van der Waals surface area contributed by atoms with Gasteiger partial charge in [0.05, 0.1) is 18.4 Å². The third kappa shape index (κ3) is 3.79. The van der Waals surface area contributed by atoms with Gasteiger partial charge in [0.15, 0.2) is 0 Å². The van der Waals surface area contributed by atoms with E-state index >= 15 is 0 Å². The molecule has 1 saturated carbocycles. The molecule has 0 unspecified atom stereocenters. The minimum Gasteiger partial charge on any atom is -0.496 e. The second kappa shape index (κ2) is 8.30. The quantitative estimate of drug-likeness (QED) is 0.708. The van der Waals surface area contributed by atoms with E-state index in [1.807, 2.05) is 60.8 Å². The molecule has 0 bridgehead atoms. The van der Waals surface area contributed by atoms with Gasteiger partial charge in [-0.1, -0.05) is 49.6 Å². The second-order valence-corrected chi connectivity index (χ2v) is 7.18. The number of carbonyl (C=O) groups excluding carboxylic acids is 1. The monoisotopic (exact) mass is 375 g/mol. The SMILES string of the molecule is COc1ccccc1-c1nn(-c2ccccc2)cc1C(=O)NC1CCCCC1. The fourth-order valence-electron chi connectivity index (χ4n) is 3.80. The summed E-state index contributed by atoms with van der Waals surface area (Å²) in [5.74, 6) is 0.627. The summed E-state index contributed by atoms with van der Waals surface area (Å²) in [5, 5.41) is 7.96. The first kappa shape index (κ1) is 18.3. The van der Waals surface area contributed by atoms with Gasteiger partial charge < -0.3 is 10.1 Å². The van der Waals surface area contributed by atoms with Gasteiger partial charge in [0.2, 0.25) is 0 Å². The van der Waals surface area contributed by atoms with Crippen LogP contribution in [0.5, 0.6) is 5.75 Å². The molecule has 1 aromatic heterocycles. The molecule has 1 amide bonds. The fraction of sp³-hybridized carbons (Fsp3) is 0.304. The van der Waals surface area contributed by atoms with E-state index in [-0.39, 0.29) is 11.9 Å². The first-order chi connectivity index (χ1) is 13.8. The normalized spacial score (nSPS) is 14.6. The highest BCUT2D eigenvalue weighted by atomic mass is 16.5. The van der Waals surface area contributed by atoms with Crippen molar-refractivity contribution in [3.8, 4) is 22.7 Å². The Morgan fingerprint density at radius 2 is 1.75 bits per heavy atom. The smallest absolute Gasteiger partial charge is 0.255 e. The molecule has 4 rings (SSSR count). The van der Waals surface area contributed by atoms with Crippen LogP contribution in [0.15, 0.2) is 60.8 Å². The number of nitrogens with zero attached hydrogens (tertiary/aromatic N) is 2. The molecule has 0 aliphatic heterocycles. The van der Waals surface area contributed by atoms with E-state index in [0.29, 0.717) is 17.0 Å². The number of hydrogen-bond acceptors (Lipinski definition) is 3. The van der Waals surface area contributed by atoms with E-state index in [0.717, 1.165) is 24.1 Å². The first-order valence-corrected chi connectivity index (χ1v) is 9.85. The van der Waals surface area contributed by atoms with Crippen LogP contribution in [0.1, 0.15) is 42.5 Å². The zero-order valence-electron chi connectivity index (χ0n) is 16.1. The second-order valence-electron chi connectivity index (χ2n) is 7.18. The van der Waals surface area contributed by atoms with Crippen molar-refractivity contribution in [2.75, 3.05) is 7.11 Å². The lowest BCUT2D eigenvalue weighted by atomic mass is 9.95. The zero-order valence-corrected chi connectivity index (χ0v) is 16.1.